The highest BCUT2D eigenvalue weighted by atomic mass is 16.6. The number of ether oxygens (including phenoxy) is 2. The number of amides is 1. The van der Waals surface area contributed by atoms with E-state index in [1.54, 1.807) is 4.90 Å². The first kappa shape index (κ1) is 18.8. The fraction of sp³-hybridized carbons (Fsp3) is 0.562. The topological polar surface area (TPSA) is 87.5 Å². The molecule has 0 fully saturated rings. The summed E-state index contributed by atoms with van der Waals surface area (Å²) in [7, 11) is 0. The van der Waals surface area contributed by atoms with Crippen molar-refractivity contribution in [2.45, 2.75) is 32.9 Å². The molecule has 0 radical (unpaired) electrons. The Hall–Kier alpha value is -2.24. The lowest BCUT2D eigenvalue weighted by atomic mass is 10.2. The van der Waals surface area contributed by atoms with Gasteiger partial charge in [0.05, 0.1) is 13.2 Å². The Morgan fingerprint density at radius 2 is 1.96 bits per heavy atom. The molecule has 0 N–H and O–H groups in total. The highest BCUT2D eigenvalue weighted by molar-refractivity contribution is 5.68. The Balaban J connectivity index is 2.57. The number of nitrogens with zero attached hydrogens (tertiary/aromatic N) is 4. The lowest BCUT2D eigenvalue weighted by Crippen LogP contribution is -2.38. The third-order valence-electron chi connectivity index (χ3n) is 2.77. The van der Waals surface area contributed by atoms with E-state index in [4.69, 9.17) is 15.0 Å². The van der Waals surface area contributed by atoms with Crippen LogP contribution in [0.1, 0.15) is 26.3 Å². The van der Waals surface area contributed by atoms with Gasteiger partial charge in [-0.1, -0.05) is 35.4 Å². The summed E-state index contributed by atoms with van der Waals surface area (Å²) in [5, 5.41) is 3.39. The molecule has 0 aromatic heterocycles. The van der Waals surface area contributed by atoms with Crippen molar-refractivity contribution >= 4 is 6.09 Å². The maximum absolute atomic E-state index is 12.3. The SMILES string of the molecule is CC(C)(C)OC(=O)N(CCOCCN=[N+]=[N-])Cc1ccccc1. The number of hydrogen-bond acceptors (Lipinski definition) is 4. The van der Waals surface area contributed by atoms with E-state index in [2.05, 4.69) is 10.0 Å². The second kappa shape index (κ2) is 9.71. The van der Waals surface area contributed by atoms with E-state index in [0.29, 0.717) is 26.3 Å². The van der Waals surface area contributed by atoms with Crippen LogP contribution < -0.4 is 0 Å². The molecule has 126 valence electrons. The zero-order valence-corrected chi connectivity index (χ0v) is 13.9. The van der Waals surface area contributed by atoms with Gasteiger partial charge in [0.15, 0.2) is 0 Å². The van der Waals surface area contributed by atoms with Gasteiger partial charge in [-0.2, -0.15) is 0 Å². The minimum atomic E-state index is -0.547. The first-order valence-electron chi connectivity index (χ1n) is 7.53. The summed E-state index contributed by atoms with van der Waals surface area (Å²) in [4.78, 5) is 16.6. The highest BCUT2D eigenvalue weighted by Gasteiger charge is 2.22. The van der Waals surface area contributed by atoms with Gasteiger partial charge in [0, 0.05) is 24.5 Å². The van der Waals surface area contributed by atoms with Gasteiger partial charge in [-0.25, -0.2) is 4.79 Å². The van der Waals surface area contributed by atoms with Crippen LogP contribution in [0.15, 0.2) is 35.4 Å². The molecule has 0 saturated heterocycles. The zero-order valence-electron chi connectivity index (χ0n) is 13.9. The first-order valence-corrected chi connectivity index (χ1v) is 7.53. The maximum Gasteiger partial charge on any atom is 0.410 e. The van der Waals surface area contributed by atoms with E-state index >= 15 is 0 Å². The quantitative estimate of drug-likeness (QED) is 0.316. The van der Waals surface area contributed by atoms with Crippen LogP contribution in [0.2, 0.25) is 0 Å². The molecule has 1 amide bonds. The Labute approximate surface area is 136 Å². The van der Waals surface area contributed by atoms with E-state index in [1.165, 1.54) is 0 Å². The molecular formula is C16H24N4O3. The molecule has 0 spiro atoms. The molecule has 1 aromatic rings. The number of rotatable bonds is 8. The van der Waals surface area contributed by atoms with Crippen molar-refractivity contribution in [1.29, 1.82) is 0 Å². The number of hydrogen-bond donors (Lipinski definition) is 0. The van der Waals surface area contributed by atoms with Crippen molar-refractivity contribution in [3.63, 3.8) is 0 Å². The zero-order chi connectivity index (χ0) is 17.1. The summed E-state index contributed by atoms with van der Waals surface area (Å²) in [6, 6.07) is 9.71. The van der Waals surface area contributed by atoms with Crippen molar-refractivity contribution < 1.29 is 14.3 Å². The molecule has 0 bridgehead atoms. The highest BCUT2D eigenvalue weighted by Crippen LogP contribution is 2.12. The molecular weight excluding hydrogens is 296 g/mol. The molecule has 0 heterocycles. The van der Waals surface area contributed by atoms with Crippen LogP contribution in [0, 0.1) is 0 Å². The van der Waals surface area contributed by atoms with Gasteiger partial charge in [0.25, 0.3) is 0 Å². The summed E-state index contributed by atoms with van der Waals surface area (Å²) >= 11 is 0. The van der Waals surface area contributed by atoms with E-state index < -0.39 is 5.60 Å². The van der Waals surface area contributed by atoms with Crippen LogP contribution in [0.25, 0.3) is 10.4 Å². The van der Waals surface area contributed by atoms with Crippen molar-refractivity contribution in [3.05, 3.63) is 46.3 Å². The molecule has 0 aliphatic rings. The number of benzene rings is 1. The minimum Gasteiger partial charge on any atom is -0.444 e. The molecule has 0 atom stereocenters. The number of carbonyl (C=O) groups is 1. The monoisotopic (exact) mass is 320 g/mol. The van der Waals surface area contributed by atoms with E-state index in [1.807, 2.05) is 51.1 Å². The number of azide groups is 1. The maximum atomic E-state index is 12.3. The second-order valence-electron chi connectivity index (χ2n) is 5.95. The van der Waals surface area contributed by atoms with Gasteiger partial charge in [0.1, 0.15) is 5.60 Å². The molecule has 0 saturated carbocycles. The summed E-state index contributed by atoms with van der Waals surface area (Å²) in [6.45, 7) is 7.33. The number of carbonyl (C=O) groups excluding carboxylic acids is 1. The summed E-state index contributed by atoms with van der Waals surface area (Å²) in [5.74, 6) is 0. The predicted molar refractivity (Wildman–Crippen MR) is 87.9 cm³/mol. The van der Waals surface area contributed by atoms with Gasteiger partial charge >= 0.3 is 6.09 Å². The average molecular weight is 320 g/mol. The van der Waals surface area contributed by atoms with Crippen LogP contribution in [0.3, 0.4) is 0 Å². The summed E-state index contributed by atoms with van der Waals surface area (Å²) in [5.41, 5.74) is 8.66. The van der Waals surface area contributed by atoms with Crippen LogP contribution in [0.5, 0.6) is 0 Å². The van der Waals surface area contributed by atoms with E-state index in [9.17, 15) is 4.79 Å². The lowest BCUT2D eigenvalue weighted by Gasteiger charge is -2.27. The molecule has 1 aromatic carbocycles. The van der Waals surface area contributed by atoms with Crippen LogP contribution in [-0.2, 0) is 16.0 Å². The summed E-state index contributed by atoms with van der Waals surface area (Å²) < 4.78 is 10.8. The normalized spacial score (nSPS) is 10.7. The minimum absolute atomic E-state index is 0.279. The van der Waals surface area contributed by atoms with E-state index in [0.717, 1.165) is 5.56 Å². The standard InChI is InChI=1S/C16H24N4O3/c1-16(2,3)23-15(21)20(10-12-22-11-9-18-19-17)13-14-7-5-4-6-8-14/h4-8H,9-13H2,1-3H3. The predicted octanol–water partition coefficient (Wildman–Crippen LogP) is 3.75. The third kappa shape index (κ3) is 8.70. The lowest BCUT2D eigenvalue weighted by molar-refractivity contribution is 0.0161. The third-order valence-corrected chi connectivity index (χ3v) is 2.77. The fourth-order valence-corrected chi connectivity index (χ4v) is 1.79. The molecule has 7 heteroatoms. The fourth-order valence-electron chi connectivity index (χ4n) is 1.79. The summed E-state index contributed by atoms with van der Waals surface area (Å²) in [6.07, 6.45) is -0.375. The van der Waals surface area contributed by atoms with Crippen molar-refractivity contribution in [2.24, 2.45) is 5.11 Å². The molecule has 1 rings (SSSR count). The van der Waals surface area contributed by atoms with Gasteiger partial charge < -0.3 is 14.4 Å². The largest absolute Gasteiger partial charge is 0.444 e. The van der Waals surface area contributed by atoms with Crippen molar-refractivity contribution in [3.8, 4) is 0 Å². The van der Waals surface area contributed by atoms with Crippen molar-refractivity contribution in [2.75, 3.05) is 26.3 Å². The van der Waals surface area contributed by atoms with Gasteiger partial charge in [0.2, 0.25) is 0 Å². The average Bonchev–Trinajstić information content (AvgIpc) is 2.49. The van der Waals surface area contributed by atoms with Crippen LogP contribution in [-0.4, -0.2) is 42.9 Å². The van der Waals surface area contributed by atoms with Gasteiger partial charge in [-0.05, 0) is 31.9 Å². The van der Waals surface area contributed by atoms with Gasteiger partial charge in [-0.15, -0.1) is 0 Å². The Morgan fingerprint density at radius 1 is 1.26 bits per heavy atom. The Kier molecular flexibility index (Phi) is 7.94. The second-order valence-corrected chi connectivity index (χ2v) is 5.95. The van der Waals surface area contributed by atoms with Crippen molar-refractivity contribution in [1.82, 2.24) is 4.90 Å². The molecule has 0 aliphatic carbocycles. The first-order chi connectivity index (χ1) is 10.9. The van der Waals surface area contributed by atoms with Crippen LogP contribution in [0.4, 0.5) is 4.79 Å². The molecule has 0 unspecified atom stereocenters. The van der Waals surface area contributed by atoms with E-state index in [-0.39, 0.29) is 12.6 Å². The Morgan fingerprint density at radius 3 is 2.57 bits per heavy atom. The Bertz CT molecular complexity index is 522. The molecule has 23 heavy (non-hydrogen) atoms. The molecule has 7 nitrogen and oxygen atoms in total. The van der Waals surface area contributed by atoms with Gasteiger partial charge in [-0.3, -0.25) is 0 Å². The molecule has 0 aliphatic heterocycles. The van der Waals surface area contributed by atoms with Crippen LogP contribution >= 0.6 is 0 Å². The smallest absolute Gasteiger partial charge is 0.410 e.